The topological polar surface area (TPSA) is 25.8 Å². The van der Waals surface area contributed by atoms with Crippen molar-refractivity contribution in [1.82, 2.24) is 9.97 Å². The van der Waals surface area contributed by atoms with Crippen LogP contribution >= 0.6 is 11.3 Å². The van der Waals surface area contributed by atoms with Crippen LogP contribution in [-0.4, -0.2) is 23.2 Å². The Bertz CT molecular complexity index is 2230. The van der Waals surface area contributed by atoms with Crippen molar-refractivity contribution in [3.8, 4) is 33.6 Å². The molecule has 0 fully saturated rings. The first-order chi connectivity index (χ1) is 24.1. The van der Waals surface area contributed by atoms with Crippen LogP contribution < -0.4 is 4.40 Å². The van der Waals surface area contributed by atoms with Gasteiger partial charge in [0.15, 0.2) is 0 Å². The molecule has 7 aromatic rings. The molecule has 0 atom stereocenters. The number of rotatable bonds is 5. The Hall–Kier alpha value is -3.41. The second-order valence-electron chi connectivity index (χ2n) is 14.7. The van der Waals surface area contributed by atoms with Crippen LogP contribution in [0.5, 0.6) is 0 Å². The fourth-order valence-electron chi connectivity index (χ4n) is 5.97. The number of benzene rings is 4. The molecule has 0 saturated heterocycles. The van der Waals surface area contributed by atoms with Gasteiger partial charge in [0.25, 0.3) is 0 Å². The molecule has 0 aliphatic heterocycles. The molecular formula is C44H44GeIrN2S-2. The zero-order chi connectivity index (χ0) is 36.6. The van der Waals surface area contributed by atoms with Crippen molar-refractivity contribution in [2.24, 2.45) is 5.41 Å². The van der Waals surface area contributed by atoms with Gasteiger partial charge in [-0.25, -0.2) is 0 Å². The average molecular weight is 901 g/mol. The molecule has 0 bridgehead atoms. The van der Waals surface area contributed by atoms with Gasteiger partial charge in [-0.15, -0.1) is 23.8 Å². The second kappa shape index (κ2) is 15.2. The molecule has 4 aromatic carbocycles. The summed E-state index contributed by atoms with van der Waals surface area (Å²) in [6, 6.07) is 39.6. The minimum Gasteiger partial charge on any atom is 0 e. The van der Waals surface area contributed by atoms with Gasteiger partial charge in [-0.1, -0.05) is 74.2 Å². The third kappa shape index (κ3) is 8.85. The predicted molar refractivity (Wildman–Crippen MR) is 211 cm³/mol. The summed E-state index contributed by atoms with van der Waals surface area (Å²) in [7, 11) is 0. The first-order valence-electron chi connectivity index (χ1n) is 17.9. The van der Waals surface area contributed by atoms with E-state index >= 15 is 0 Å². The molecule has 49 heavy (non-hydrogen) atoms. The molecule has 0 aliphatic rings. The smallest absolute Gasteiger partial charge is 0 e. The van der Waals surface area contributed by atoms with Crippen LogP contribution in [0.3, 0.4) is 0 Å². The number of hydrogen-bond donors (Lipinski definition) is 0. The van der Waals surface area contributed by atoms with Crippen LogP contribution in [-0.2, 0) is 26.5 Å². The molecule has 2 nitrogen and oxygen atoms in total. The number of thiophene rings is 1. The van der Waals surface area contributed by atoms with E-state index in [1.165, 1.54) is 52.9 Å². The predicted octanol–water partition coefficient (Wildman–Crippen LogP) is 11.9. The van der Waals surface area contributed by atoms with Gasteiger partial charge in [-0.2, -0.15) is 11.3 Å². The van der Waals surface area contributed by atoms with Crippen molar-refractivity contribution in [2.75, 3.05) is 0 Å². The average Bonchev–Trinajstić information content (AvgIpc) is 3.47. The van der Waals surface area contributed by atoms with Crippen molar-refractivity contribution < 1.29 is 24.2 Å². The first-order valence-corrected chi connectivity index (χ1v) is 24.6. The molecule has 0 unspecified atom stereocenters. The number of aromatic nitrogens is 2. The standard InChI is InChI=1S/C29H26NS.C15H18GeN.Ir/c1-19-23(21-8-6-5-7-9-21)12-13-26-28(19)24-11-10-22(17-27(24)31-26)25-16-20(14-15-30-25)18-29(2,3)4;1-12-5-7-13(8-6-12)15-10-9-14(11-17-15)16(2,3)4;/h5-16H,18H2,1-4H3;5-7,9-11H,1-4H3;/q2*-1;/i;1D3;. The fourth-order valence-corrected chi connectivity index (χ4v) is 9.31. The molecule has 0 amide bonds. The largest absolute Gasteiger partial charge is 0 e. The van der Waals surface area contributed by atoms with E-state index in [4.69, 9.17) is 4.11 Å². The SMILES string of the molecule is Cc1c(-c2ccccc2)ccc2sc3[c-]c(-c4cc(CC(C)(C)C)ccn4)ccc3c12.[2H]C([2H])([2H])c1c[c-]c(-c2cc[c]([Ge]([CH3])([CH3])[CH3])cn2)cc1.[Ir]. The third-order valence-corrected chi connectivity index (χ3v) is 13.8. The molecule has 0 spiro atoms. The van der Waals surface area contributed by atoms with E-state index in [0.717, 1.165) is 28.9 Å². The fraction of sp³-hybridized carbons (Fsp3) is 0.227. The minimum atomic E-state index is -2.08. The molecule has 3 aromatic heterocycles. The van der Waals surface area contributed by atoms with Gasteiger partial charge in [0.05, 0.1) is 0 Å². The summed E-state index contributed by atoms with van der Waals surface area (Å²) in [6.45, 7) is 6.98. The molecule has 3 heterocycles. The zero-order valence-corrected chi connectivity index (χ0v) is 34.5. The summed E-state index contributed by atoms with van der Waals surface area (Å²) in [6.07, 6.45) is 4.91. The van der Waals surface area contributed by atoms with Gasteiger partial charge < -0.3 is 4.98 Å². The Labute approximate surface area is 317 Å². The number of nitrogens with zero attached hydrogens (tertiary/aromatic N) is 2. The normalized spacial score (nSPS) is 12.8. The number of hydrogen-bond acceptors (Lipinski definition) is 3. The molecule has 1 radical (unpaired) electrons. The van der Waals surface area contributed by atoms with Crippen LogP contribution in [0.1, 0.15) is 41.6 Å². The monoisotopic (exact) mass is 902 g/mol. The molecule has 5 heteroatoms. The maximum atomic E-state index is 7.35. The molecule has 0 aliphatic carbocycles. The van der Waals surface area contributed by atoms with Crippen LogP contribution in [0.2, 0.25) is 17.3 Å². The van der Waals surface area contributed by atoms with E-state index in [-0.39, 0.29) is 25.5 Å². The number of fused-ring (bicyclic) bond motifs is 3. The molecule has 7 rings (SSSR count). The van der Waals surface area contributed by atoms with E-state index in [1.54, 1.807) is 12.1 Å². The summed E-state index contributed by atoms with van der Waals surface area (Å²) in [5.41, 5.74) is 9.51. The zero-order valence-electron chi connectivity index (χ0n) is 32.2. The third-order valence-electron chi connectivity index (χ3n) is 8.46. The summed E-state index contributed by atoms with van der Waals surface area (Å²) in [5, 5.41) is 2.63. The van der Waals surface area contributed by atoms with Crippen molar-refractivity contribution in [3.63, 3.8) is 0 Å². The minimum absolute atomic E-state index is 0. The number of aryl methyl sites for hydroxylation is 2. The Kier molecular flexibility index (Phi) is 10.2. The van der Waals surface area contributed by atoms with E-state index in [0.29, 0.717) is 5.56 Å². The van der Waals surface area contributed by atoms with Crippen LogP contribution in [0.15, 0.2) is 109 Å². The van der Waals surface area contributed by atoms with Crippen LogP contribution in [0.25, 0.3) is 53.8 Å². The number of pyridine rings is 2. The second-order valence-corrected chi connectivity index (χ2v) is 26.4. The van der Waals surface area contributed by atoms with E-state index < -0.39 is 20.1 Å². The Morgan fingerprint density at radius 2 is 1.61 bits per heavy atom. The molecule has 251 valence electrons. The van der Waals surface area contributed by atoms with E-state index in [2.05, 4.69) is 140 Å². The summed E-state index contributed by atoms with van der Waals surface area (Å²) >= 11 is -0.0114. The maximum absolute atomic E-state index is 7.35. The van der Waals surface area contributed by atoms with Crippen molar-refractivity contribution >= 4 is 49.2 Å². The molecular weight excluding hydrogens is 853 g/mol. The van der Waals surface area contributed by atoms with Crippen molar-refractivity contribution in [2.45, 2.75) is 58.2 Å². The van der Waals surface area contributed by atoms with Crippen LogP contribution in [0, 0.1) is 31.3 Å². The van der Waals surface area contributed by atoms with Crippen LogP contribution in [0.4, 0.5) is 0 Å². The Morgan fingerprint density at radius 1 is 0.837 bits per heavy atom. The van der Waals surface area contributed by atoms with E-state index in [1.807, 2.05) is 29.8 Å². The Morgan fingerprint density at radius 3 is 2.27 bits per heavy atom. The van der Waals surface area contributed by atoms with Gasteiger partial charge in [-0.3, -0.25) is 0 Å². The van der Waals surface area contributed by atoms with Gasteiger partial charge in [-0.05, 0) is 63.4 Å². The molecule has 0 saturated carbocycles. The first kappa shape index (κ1) is 32.8. The van der Waals surface area contributed by atoms with Gasteiger partial charge in [0, 0.05) is 31.0 Å². The molecule has 0 N–H and O–H groups in total. The van der Waals surface area contributed by atoms with Gasteiger partial charge in [0.2, 0.25) is 0 Å². The summed E-state index contributed by atoms with van der Waals surface area (Å²) in [4.78, 5) is 9.13. The van der Waals surface area contributed by atoms with Gasteiger partial charge in [0.1, 0.15) is 0 Å². The summed E-state index contributed by atoms with van der Waals surface area (Å²) in [5.74, 6) is 6.98. The Balaban J connectivity index is 0.000000217. The van der Waals surface area contributed by atoms with E-state index in [9.17, 15) is 0 Å². The van der Waals surface area contributed by atoms with Crippen molar-refractivity contribution in [1.29, 1.82) is 0 Å². The summed E-state index contributed by atoms with van der Waals surface area (Å²) < 4.78 is 25.9. The van der Waals surface area contributed by atoms with Gasteiger partial charge >= 0.3 is 110 Å². The maximum Gasteiger partial charge on any atom is 0 e. The van der Waals surface area contributed by atoms with Crippen molar-refractivity contribution in [3.05, 3.63) is 138 Å². The quantitative estimate of drug-likeness (QED) is 0.127.